The Morgan fingerprint density at radius 2 is 2.31 bits per heavy atom. The molecule has 16 heavy (non-hydrogen) atoms. The maximum absolute atomic E-state index is 13.3. The van der Waals surface area contributed by atoms with Crippen molar-refractivity contribution in [3.63, 3.8) is 0 Å². The molecule has 0 spiro atoms. The van der Waals surface area contributed by atoms with E-state index in [4.69, 9.17) is 10.3 Å². The highest BCUT2D eigenvalue weighted by Crippen LogP contribution is 2.24. The first-order chi connectivity index (χ1) is 7.61. The Bertz CT molecular complexity index is 347. The Balaban J connectivity index is 2.09. The molecule has 0 bridgehead atoms. The van der Waals surface area contributed by atoms with Crippen LogP contribution < -0.4 is 5.73 Å². The first-order valence-corrected chi connectivity index (χ1v) is 5.61. The molecule has 5 heteroatoms. The molecule has 0 aromatic carbocycles. The van der Waals surface area contributed by atoms with Gasteiger partial charge >= 0.3 is 0 Å². The third kappa shape index (κ3) is 2.10. The van der Waals surface area contributed by atoms with Gasteiger partial charge in [0.1, 0.15) is 11.9 Å². The van der Waals surface area contributed by atoms with Gasteiger partial charge in [0.2, 0.25) is 0 Å². The average molecular weight is 227 g/mol. The Kier molecular flexibility index (Phi) is 3.25. The van der Waals surface area contributed by atoms with E-state index >= 15 is 0 Å². The molecular formula is C11H18FN3O. The minimum Gasteiger partial charge on any atom is -0.361 e. The van der Waals surface area contributed by atoms with Crippen LogP contribution in [0, 0.1) is 13.8 Å². The second kappa shape index (κ2) is 4.51. The fourth-order valence-electron chi connectivity index (χ4n) is 2.29. The molecule has 0 aliphatic carbocycles. The van der Waals surface area contributed by atoms with E-state index in [2.05, 4.69) is 10.1 Å². The van der Waals surface area contributed by atoms with Crippen LogP contribution in [0.5, 0.6) is 0 Å². The topological polar surface area (TPSA) is 55.3 Å². The fourth-order valence-corrected chi connectivity index (χ4v) is 2.29. The van der Waals surface area contributed by atoms with Gasteiger partial charge in [-0.25, -0.2) is 4.39 Å². The molecule has 4 nitrogen and oxygen atoms in total. The lowest BCUT2D eigenvalue weighted by molar-refractivity contribution is 0.237. The molecule has 0 saturated carbocycles. The van der Waals surface area contributed by atoms with Crippen LogP contribution in [0.2, 0.25) is 0 Å². The minimum atomic E-state index is -0.756. The molecule has 0 unspecified atom stereocenters. The highest BCUT2D eigenvalue weighted by Gasteiger charge is 2.31. The normalized spacial score (nSPS) is 26.5. The third-order valence-electron chi connectivity index (χ3n) is 3.29. The monoisotopic (exact) mass is 227 g/mol. The molecule has 0 radical (unpaired) electrons. The van der Waals surface area contributed by atoms with Crippen LogP contribution >= 0.6 is 0 Å². The van der Waals surface area contributed by atoms with Gasteiger partial charge in [-0.15, -0.1) is 0 Å². The molecule has 2 rings (SSSR count). The second-order valence-electron chi connectivity index (χ2n) is 4.45. The molecule has 2 heterocycles. The van der Waals surface area contributed by atoms with E-state index in [-0.39, 0.29) is 6.04 Å². The summed E-state index contributed by atoms with van der Waals surface area (Å²) in [7, 11) is 0. The van der Waals surface area contributed by atoms with E-state index in [1.165, 1.54) is 0 Å². The molecule has 2 N–H and O–H groups in total. The predicted octanol–water partition coefficient (Wildman–Crippen LogP) is 1.16. The average Bonchev–Trinajstić information content (AvgIpc) is 2.75. The van der Waals surface area contributed by atoms with Crippen LogP contribution in [-0.4, -0.2) is 35.4 Å². The van der Waals surface area contributed by atoms with E-state index in [0.29, 0.717) is 26.1 Å². The van der Waals surface area contributed by atoms with Gasteiger partial charge in [0, 0.05) is 31.2 Å². The van der Waals surface area contributed by atoms with Crippen LogP contribution in [0.3, 0.4) is 0 Å². The summed E-state index contributed by atoms with van der Waals surface area (Å²) in [6.07, 6.45) is -0.214. The number of halogens is 1. The van der Waals surface area contributed by atoms with Crippen LogP contribution in [-0.2, 0) is 6.54 Å². The fraction of sp³-hybridized carbons (Fsp3) is 0.727. The van der Waals surface area contributed by atoms with Gasteiger partial charge in [-0.05, 0) is 20.3 Å². The lowest BCUT2D eigenvalue weighted by Crippen LogP contribution is -2.35. The maximum atomic E-state index is 13.3. The predicted molar refractivity (Wildman–Crippen MR) is 58.7 cm³/mol. The zero-order valence-electron chi connectivity index (χ0n) is 9.74. The maximum Gasteiger partial charge on any atom is 0.138 e. The quantitative estimate of drug-likeness (QED) is 0.842. The van der Waals surface area contributed by atoms with Gasteiger partial charge in [0.15, 0.2) is 0 Å². The van der Waals surface area contributed by atoms with E-state index in [1.807, 2.05) is 13.8 Å². The van der Waals surface area contributed by atoms with Crippen molar-refractivity contribution in [3.05, 3.63) is 17.0 Å². The van der Waals surface area contributed by atoms with Crippen molar-refractivity contribution in [3.8, 4) is 0 Å². The smallest absolute Gasteiger partial charge is 0.138 e. The number of likely N-dealkylation sites (tertiary alicyclic amines) is 1. The van der Waals surface area contributed by atoms with Crippen LogP contribution in [0.4, 0.5) is 4.39 Å². The number of hydrogen-bond donors (Lipinski definition) is 1. The summed E-state index contributed by atoms with van der Waals surface area (Å²) >= 11 is 0. The summed E-state index contributed by atoms with van der Waals surface area (Å²) < 4.78 is 18.4. The van der Waals surface area contributed by atoms with Crippen molar-refractivity contribution in [2.24, 2.45) is 5.73 Å². The molecule has 1 saturated heterocycles. The zero-order chi connectivity index (χ0) is 11.7. The molecule has 1 fully saturated rings. The molecule has 1 aromatic heterocycles. The van der Waals surface area contributed by atoms with Gasteiger partial charge in [0.05, 0.1) is 5.69 Å². The zero-order valence-corrected chi connectivity index (χ0v) is 9.74. The van der Waals surface area contributed by atoms with Crippen LogP contribution in [0.15, 0.2) is 4.52 Å². The molecular weight excluding hydrogens is 209 g/mol. The summed E-state index contributed by atoms with van der Waals surface area (Å²) in [6, 6.07) is 0.142. The van der Waals surface area contributed by atoms with Gasteiger partial charge in [0.25, 0.3) is 0 Å². The highest BCUT2D eigenvalue weighted by molar-refractivity contribution is 5.21. The Labute approximate surface area is 94.6 Å². The summed E-state index contributed by atoms with van der Waals surface area (Å²) in [5.41, 5.74) is 7.59. The Morgan fingerprint density at radius 3 is 2.88 bits per heavy atom. The number of alkyl halides is 1. The lowest BCUT2D eigenvalue weighted by atomic mass is 10.1. The molecule has 2 atom stereocenters. The molecule has 0 amide bonds. The number of aromatic nitrogens is 1. The van der Waals surface area contributed by atoms with Crippen molar-refractivity contribution in [1.29, 1.82) is 0 Å². The summed E-state index contributed by atoms with van der Waals surface area (Å²) in [5, 5.41) is 3.90. The number of hydrogen-bond acceptors (Lipinski definition) is 4. The van der Waals surface area contributed by atoms with Crippen molar-refractivity contribution >= 4 is 0 Å². The molecule has 1 aromatic rings. The second-order valence-corrected chi connectivity index (χ2v) is 4.45. The van der Waals surface area contributed by atoms with Crippen molar-refractivity contribution in [2.45, 2.75) is 39.0 Å². The molecule has 90 valence electrons. The van der Waals surface area contributed by atoms with Gasteiger partial charge in [-0.2, -0.15) is 0 Å². The van der Waals surface area contributed by atoms with Crippen molar-refractivity contribution in [2.75, 3.05) is 13.1 Å². The van der Waals surface area contributed by atoms with Gasteiger partial charge in [-0.1, -0.05) is 5.16 Å². The van der Waals surface area contributed by atoms with Crippen LogP contribution in [0.1, 0.15) is 23.4 Å². The van der Waals surface area contributed by atoms with Gasteiger partial charge < -0.3 is 10.3 Å². The SMILES string of the molecule is Cc1noc(C)c1CN1C[C@@H](F)C[C@@H]1CN. The lowest BCUT2D eigenvalue weighted by Gasteiger charge is -2.22. The summed E-state index contributed by atoms with van der Waals surface area (Å²) in [5.74, 6) is 0.815. The first kappa shape index (κ1) is 11.5. The standard InChI is InChI=1S/C11H18FN3O/c1-7-11(8(2)16-14-7)6-15-5-9(12)3-10(15)4-13/h9-10H,3-6,13H2,1-2H3/t9-,10+/m0/s1. The summed E-state index contributed by atoms with van der Waals surface area (Å²) in [6.45, 7) is 5.45. The summed E-state index contributed by atoms with van der Waals surface area (Å²) in [4.78, 5) is 2.08. The number of nitrogens with two attached hydrogens (primary N) is 1. The Hall–Kier alpha value is -0.940. The van der Waals surface area contributed by atoms with E-state index in [9.17, 15) is 4.39 Å². The largest absolute Gasteiger partial charge is 0.361 e. The van der Waals surface area contributed by atoms with E-state index in [0.717, 1.165) is 17.0 Å². The van der Waals surface area contributed by atoms with Crippen molar-refractivity contribution in [1.82, 2.24) is 10.1 Å². The number of nitrogens with zero attached hydrogens (tertiary/aromatic N) is 2. The van der Waals surface area contributed by atoms with Gasteiger partial charge in [-0.3, -0.25) is 4.90 Å². The minimum absolute atomic E-state index is 0.142. The van der Waals surface area contributed by atoms with Crippen LogP contribution in [0.25, 0.3) is 0 Å². The van der Waals surface area contributed by atoms with E-state index < -0.39 is 6.17 Å². The number of aryl methyl sites for hydroxylation is 2. The van der Waals surface area contributed by atoms with Crippen molar-refractivity contribution < 1.29 is 8.91 Å². The Morgan fingerprint density at radius 1 is 1.56 bits per heavy atom. The number of rotatable bonds is 3. The highest BCUT2D eigenvalue weighted by atomic mass is 19.1. The third-order valence-corrected chi connectivity index (χ3v) is 3.29. The first-order valence-electron chi connectivity index (χ1n) is 5.61. The van der Waals surface area contributed by atoms with E-state index in [1.54, 1.807) is 0 Å². The molecule has 1 aliphatic rings. The molecule has 1 aliphatic heterocycles.